The maximum Gasteiger partial charge on any atom is 0.0462 e. The lowest BCUT2D eigenvalue weighted by atomic mass is 9.83. The molecule has 0 heterocycles. The second kappa shape index (κ2) is 16.9. The molecule has 0 atom stereocenters. The zero-order valence-electron chi connectivity index (χ0n) is 30.0. The van der Waals surface area contributed by atoms with Crippen LogP contribution >= 0.6 is 0 Å². The zero-order valence-corrected chi connectivity index (χ0v) is 30.0. The predicted molar refractivity (Wildman–Crippen MR) is 226 cm³/mol. The highest BCUT2D eigenvalue weighted by molar-refractivity contribution is 5.97. The summed E-state index contributed by atoms with van der Waals surface area (Å²) >= 11 is 0. The summed E-state index contributed by atoms with van der Waals surface area (Å²) in [5.41, 5.74) is 12.4. The van der Waals surface area contributed by atoms with E-state index in [-0.39, 0.29) is 0 Å². The Morgan fingerprint density at radius 2 is 0.962 bits per heavy atom. The molecule has 1 saturated carbocycles. The normalized spacial score (nSPS) is 12.8. The van der Waals surface area contributed by atoms with Crippen LogP contribution in [0, 0.1) is 0 Å². The molecule has 1 heteroatoms. The molecule has 0 unspecified atom stereocenters. The Kier molecular flexibility index (Phi) is 11.2. The molecule has 1 aliphatic rings. The third-order valence-corrected chi connectivity index (χ3v) is 10.2. The van der Waals surface area contributed by atoms with E-state index in [1.807, 2.05) is 12.2 Å². The summed E-state index contributed by atoms with van der Waals surface area (Å²) in [5, 5.41) is 2.54. The Labute approximate surface area is 310 Å². The fourth-order valence-corrected chi connectivity index (χ4v) is 7.48. The second-order valence-corrected chi connectivity index (χ2v) is 13.6. The minimum absolute atomic E-state index is 0.703. The van der Waals surface area contributed by atoms with Gasteiger partial charge in [0, 0.05) is 17.1 Å². The molecule has 0 saturated heterocycles. The van der Waals surface area contributed by atoms with Crippen molar-refractivity contribution in [1.82, 2.24) is 0 Å². The molecule has 7 aromatic rings. The molecule has 0 spiro atoms. The summed E-state index contributed by atoms with van der Waals surface area (Å²) in [7, 11) is 0. The lowest BCUT2D eigenvalue weighted by molar-refractivity contribution is 0.444. The number of benzene rings is 7. The molecule has 1 nitrogen and oxygen atoms in total. The highest BCUT2D eigenvalue weighted by atomic mass is 15.1. The molecule has 8 rings (SSSR count). The summed E-state index contributed by atoms with van der Waals surface area (Å²) in [5.74, 6) is 0.703. The monoisotopic (exact) mass is 673 g/mol. The van der Waals surface area contributed by atoms with Gasteiger partial charge in [-0.25, -0.2) is 0 Å². The van der Waals surface area contributed by atoms with Crippen molar-refractivity contribution in [2.45, 2.75) is 44.4 Å². The van der Waals surface area contributed by atoms with Gasteiger partial charge in [-0.05, 0) is 111 Å². The quantitative estimate of drug-likeness (QED) is 0.138. The van der Waals surface area contributed by atoms with Crippen molar-refractivity contribution in [2.24, 2.45) is 0 Å². The predicted octanol–water partition coefficient (Wildman–Crippen LogP) is 15.1. The SMILES string of the molecule is C=CCC=C.c1ccc(-c2ccc(N(c3ccc(-c4cccc(C5CCCCC5)c4)cc3)c3ccc(-c4cccc5ccccc45)cc3)cc2)cc1. The van der Waals surface area contributed by atoms with Crippen molar-refractivity contribution in [2.75, 3.05) is 4.90 Å². The number of anilines is 3. The van der Waals surface area contributed by atoms with Crippen LogP contribution < -0.4 is 4.90 Å². The third kappa shape index (κ3) is 8.01. The van der Waals surface area contributed by atoms with E-state index in [2.05, 4.69) is 188 Å². The lowest BCUT2D eigenvalue weighted by Gasteiger charge is -2.26. The first-order chi connectivity index (χ1) is 25.7. The lowest BCUT2D eigenvalue weighted by Crippen LogP contribution is -2.09. The van der Waals surface area contributed by atoms with Gasteiger partial charge < -0.3 is 4.90 Å². The van der Waals surface area contributed by atoms with Crippen LogP contribution in [0.2, 0.25) is 0 Å². The average Bonchev–Trinajstić information content (AvgIpc) is 3.23. The summed E-state index contributed by atoms with van der Waals surface area (Å²) in [6, 6.07) is 62.1. The van der Waals surface area contributed by atoms with Crippen molar-refractivity contribution in [3.8, 4) is 33.4 Å². The zero-order chi connectivity index (χ0) is 35.5. The van der Waals surface area contributed by atoms with Crippen molar-refractivity contribution in [3.05, 3.63) is 201 Å². The molecule has 7 aromatic carbocycles. The molecule has 0 radical (unpaired) electrons. The Bertz CT molecular complexity index is 2190. The second-order valence-electron chi connectivity index (χ2n) is 13.6. The average molecular weight is 674 g/mol. The van der Waals surface area contributed by atoms with Gasteiger partial charge in [0.25, 0.3) is 0 Å². The summed E-state index contributed by atoms with van der Waals surface area (Å²) < 4.78 is 0. The molecule has 0 bridgehead atoms. The van der Waals surface area contributed by atoms with Crippen LogP contribution in [0.3, 0.4) is 0 Å². The Morgan fingerprint density at radius 3 is 1.58 bits per heavy atom. The molecule has 0 amide bonds. The molecule has 52 heavy (non-hydrogen) atoms. The number of rotatable bonds is 9. The number of hydrogen-bond acceptors (Lipinski definition) is 1. The Balaban J connectivity index is 0.000000789. The number of hydrogen-bond donors (Lipinski definition) is 0. The van der Waals surface area contributed by atoms with E-state index in [9.17, 15) is 0 Å². The standard InChI is InChI=1S/C46H39N.C5H8/c1-3-11-34(12-4-1)36-21-27-42(28-22-36)47(44-31-25-39(26-32-44)46-20-10-16-38-15-7-8-19-45(38)46)43-29-23-37(24-30-43)41-18-9-17-40(33-41)35-13-5-2-6-14-35;1-3-5-4-2/h1,3-4,7-12,15-33,35H,2,5-6,13-14H2;3-4H,1-2,5H2. The molecule has 1 aliphatic carbocycles. The van der Waals surface area contributed by atoms with E-state index in [0.717, 1.165) is 23.5 Å². The number of nitrogens with zero attached hydrogens (tertiary/aromatic N) is 1. The third-order valence-electron chi connectivity index (χ3n) is 10.2. The first-order valence-corrected chi connectivity index (χ1v) is 18.7. The summed E-state index contributed by atoms with van der Waals surface area (Å²) in [4.78, 5) is 2.36. The van der Waals surface area contributed by atoms with Gasteiger partial charge in [0.2, 0.25) is 0 Å². The van der Waals surface area contributed by atoms with E-state index in [0.29, 0.717) is 5.92 Å². The van der Waals surface area contributed by atoms with Crippen LogP contribution in [0.1, 0.15) is 50.0 Å². The first kappa shape index (κ1) is 34.5. The van der Waals surface area contributed by atoms with Gasteiger partial charge in [0.1, 0.15) is 0 Å². The summed E-state index contributed by atoms with van der Waals surface area (Å²) in [6.07, 6.45) is 11.3. The van der Waals surface area contributed by atoms with Crippen molar-refractivity contribution < 1.29 is 0 Å². The van der Waals surface area contributed by atoms with Gasteiger partial charge in [-0.15, -0.1) is 13.2 Å². The molecule has 1 fully saturated rings. The van der Waals surface area contributed by atoms with Crippen molar-refractivity contribution in [1.29, 1.82) is 0 Å². The molecule has 0 N–H and O–H groups in total. The van der Waals surface area contributed by atoms with Crippen LogP contribution in [0.25, 0.3) is 44.2 Å². The van der Waals surface area contributed by atoms with Crippen LogP contribution in [0.5, 0.6) is 0 Å². The van der Waals surface area contributed by atoms with E-state index in [1.165, 1.54) is 81.8 Å². The van der Waals surface area contributed by atoms with Crippen molar-refractivity contribution >= 4 is 27.8 Å². The van der Waals surface area contributed by atoms with Crippen LogP contribution in [-0.2, 0) is 0 Å². The van der Waals surface area contributed by atoms with Crippen molar-refractivity contribution in [3.63, 3.8) is 0 Å². The molecular formula is C51H47N. The Morgan fingerprint density at radius 1 is 0.462 bits per heavy atom. The van der Waals surface area contributed by atoms with E-state index >= 15 is 0 Å². The maximum absolute atomic E-state index is 3.48. The minimum atomic E-state index is 0.703. The molecule has 0 aromatic heterocycles. The fraction of sp³-hybridized carbons (Fsp3) is 0.137. The van der Waals surface area contributed by atoms with Crippen LogP contribution in [-0.4, -0.2) is 0 Å². The maximum atomic E-state index is 3.48. The van der Waals surface area contributed by atoms with Gasteiger partial charge >= 0.3 is 0 Å². The van der Waals surface area contributed by atoms with Crippen LogP contribution in [0.4, 0.5) is 17.1 Å². The first-order valence-electron chi connectivity index (χ1n) is 18.7. The van der Waals surface area contributed by atoms with E-state index in [4.69, 9.17) is 0 Å². The van der Waals surface area contributed by atoms with Gasteiger partial charge in [-0.3, -0.25) is 0 Å². The summed E-state index contributed by atoms with van der Waals surface area (Å²) in [6.45, 7) is 6.96. The molecule has 256 valence electrons. The number of fused-ring (bicyclic) bond motifs is 1. The highest BCUT2D eigenvalue weighted by Crippen LogP contribution is 2.39. The van der Waals surface area contributed by atoms with Gasteiger partial charge in [0.15, 0.2) is 0 Å². The Hall–Kier alpha value is -5.92. The smallest absolute Gasteiger partial charge is 0.0462 e. The fourth-order valence-electron chi connectivity index (χ4n) is 7.48. The van der Waals surface area contributed by atoms with Crippen LogP contribution in [0.15, 0.2) is 195 Å². The van der Waals surface area contributed by atoms with Gasteiger partial charge in [0.05, 0.1) is 0 Å². The van der Waals surface area contributed by atoms with E-state index in [1.54, 1.807) is 0 Å². The minimum Gasteiger partial charge on any atom is -0.311 e. The number of allylic oxidation sites excluding steroid dienone is 2. The van der Waals surface area contributed by atoms with Gasteiger partial charge in [-0.2, -0.15) is 0 Å². The molecular weight excluding hydrogens is 627 g/mol. The topological polar surface area (TPSA) is 3.24 Å². The largest absolute Gasteiger partial charge is 0.311 e. The highest BCUT2D eigenvalue weighted by Gasteiger charge is 2.17. The van der Waals surface area contributed by atoms with Gasteiger partial charge in [-0.1, -0.05) is 165 Å². The molecule has 0 aliphatic heterocycles. The van der Waals surface area contributed by atoms with E-state index < -0.39 is 0 Å².